The van der Waals surface area contributed by atoms with Gasteiger partial charge in [0.15, 0.2) is 0 Å². The van der Waals surface area contributed by atoms with Gasteiger partial charge in [-0.05, 0) is 30.3 Å². The lowest BCUT2D eigenvalue weighted by Gasteiger charge is -2.37. The maximum Gasteiger partial charge on any atom is 0.414 e. The highest BCUT2D eigenvalue weighted by Gasteiger charge is 2.34. The van der Waals surface area contributed by atoms with Gasteiger partial charge in [-0.1, -0.05) is 13.1 Å². The maximum absolute atomic E-state index is 14.7. The van der Waals surface area contributed by atoms with Crippen molar-refractivity contribution in [1.29, 1.82) is 0 Å². The third-order valence-corrected chi connectivity index (χ3v) is 8.76. The number of amides is 1. The second kappa shape index (κ2) is 7.40. The fourth-order valence-corrected chi connectivity index (χ4v) is 5.69. The van der Waals surface area contributed by atoms with E-state index in [-0.39, 0.29) is 19.0 Å². The number of carbonyl (C=O) groups is 1. The molecule has 1 aromatic carbocycles. The number of hydrogen-bond donors (Lipinski definition) is 0. The number of ether oxygens (including phenoxy) is 1. The van der Waals surface area contributed by atoms with Gasteiger partial charge in [-0.2, -0.15) is 8.42 Å². The van der Waals surface area contributed by atoms with Crippen molar-refractivity contribution in [2.24, 2.45) is 0 Å². The van der Waals surface area contributed by atoms with Crippen LogP contribution in [0, 0.1) is 5.82 Å². The second-order valence-electron chi connectivity index (χ2n) is 7.89. The Kier molecular flexibility index (Phi) is 5.51. The fourth-order valence-electron chi connectivity index (χ4n) is 3.29. The van der Waals surface area contributed by atoms with E-state index >= 15 is 0 Å². The minimum Gasteiger partial charge on any atom is -0.441 e. The number of carbonyl (C=O) groups excluding carboxylic acids is 1. The predicted molar refractivity (Wildman–Crippen MR) is 104 cm³/mol. The second-order valence-corrected chi connectivity index (χ2v) is 14.9. The number of rotatable bonds is 5. The van der Waals surface area contributed by atoms with E-state index in [9.17, 15) is 17.6 Å². The van der Waals surface area contributed by atoms with Crippen LogP contribution in [-0.4, -0.2) is 61.2 Å². The van der Waals surface area contributed by atoms with Gasteiger partial charge in [0.2, 0.25) is 0 Å². The van der Waals surface area contributed by atoms with Crippen molar-refractivity contribution in [2.75, 3.05) is 42.3 Å². The van der Waals surface area contributed by atoms with Crippen LogP contribution < -0.4 is 9.80 Å². The molecular formula is C17H25FN2O5SSi. The molecule has 150 valence electrons. The molecule has 2 saturated heterocycles. The molecule has 7 nitrogen and oxygen atoms in total. The Bertz CT molecular complexity index is 823. The molecule has 0 aromatic heterocycles. The summed E-state index contributed by atoms with van der Waals surface area (Å²) in [6.07, 6.45) is -0.431. The molecule has 2 aliphatic heterocycles. The van der Waals surface area contributed by atoms with Gasteiger partial charge in [0, 0.05) is 13.1 Å². The molecule has 0 N–H and O–H groups in total. The molecule has 10 heteroatoms. The Morgan fingerprint density at radius 1 is 1.30 bits per heavy atom. The van der Waals surface area contributed by atoms with Crippen LogP contribution in [0.15, 0.2) is 18.2 Å². The van der Waals surface area contributed by atoms with E-state index < -0.39 is 30.4 Å². The highest BCUT2D eigenvalue weighted by atomic mass is 32.2. The molecular weight excluding hydrogens is 391 g/mol. The van der Waals surface area contributed by atoms with Crippen LogP contribution in [0.1, 0.15) is 0 Å². The third kappa shape index (κ3) is 4.99. The Morgan fingerprint density at radius 2 is 1.96 bits per heavy atom. The van der Waals surface area contributed by atoms with E-state index in [0.717, 1.165) is 31.4 Å². The topological polar surface area (TPSA) is 76.2 Å². The van der Waals surface area contributed by atoms with Crippen LogP contribution in [0.5, 0.6) is 0 Å². The van der Waals surface area contributed by atoms with Crippen LogP contribution in [0.2, 0.25) is 25.2 Å². The lowest BCUT2D eigenvalue weighted by molar-refractivity contribution is 0.107. The van der Waals surface area contributed by atoms with Crippen LogP contribution >= 0.6 is 0 Å². The van der Waals surface area contributed by atoms with Crippen LogP contribution in [0.25, 0.3) is 0 Å². The van der Waals surface area contributed by atoms with Gasteiger partial charge in [-0.3, -0.25) is 9.08 Å². The number of cyclic esters (lactones) is 1. The molecule has 0 spiro atoms. The molecule has 1 atom stereocenters. The van der Waals surface area contributed by atoms with Crippen molar-refractivity contribution < 1.29 is 26.5 Å². The van der Waals surface area contributed by atoms with Crippen molar-refractivity contribution in [3.63, 3.8) is 0 Å². The number of anilines is 2. The first-order valence-corrected chi connectivity index (χ1v) is 14.1. The van der Waals surface area contributed by atoms with Crippen molar-refractivity contribution in [3.8, 4) is 0 Å². The molecule has 2 aliphatic rings. The zero-order chi connectivity index (χ0) is 19.8. The fraction of sp³-hybridized carbons (Fsp3) is 0.588. The monoisotopic (exact) mass is 416 g/mol. The Morgan fingerprint density at radius 3 is 2.56 bits per heavy atom. The molecule has 1 unspecified atom stereocenters. The summed E-state index contributed by atoms with van der Waals surface area (Å²) in [6, 6.07) is 6.98. The molecule has 0 saturated carbocycles. The largest absolute Gasteiger partial charge is 0.441 e. The van der Waals surface area contributed by atoms with E-state index in [0.29, 0.717) is 11.4 Å². The Labute approximate surface area is 160 Å². The molecule has 3 rings (SSSR count). The van der Waals surface area contributed by atoms with Gasteiger partial charge >= 0.3 is 6.09 Å². The number of nitrogens with zero attached hydrogens (tertiary/aromatic N) is 2. The van der Waals surface area contributed by atoms with Crippen LogP contribution in [0.3, 0.4) is 0 Å². The maximum atomic E-state index is 14.7. The smallest absolute Gasteiger partial charge is 0.414 e. The van der Waals surface area contributed by atoms with E-state index in [4.69, 9.17) is 4.74 Å². The average molecular weight is 417 g/mol. The lowest BCUT2D eigenvalue weighted by atomic mass is 10.2. The quantitative estimate of drug-likeness (QED) is 0.543. The molecule has 0 bridgehead atoms. The van der Waals surface area contributed by atoms with Gasteiger partial charge < -0.3 is 9.64 Å². The normalized spacial score (nSPS) is 22.8. The van der Waals surface area contributed by atoms with E-state index in [1.807, 2.05) is 0 Å². The summed E-state index contributed by atoms with van der Waals surface area (Å²) in [5, 5.41) is 0. The van der Waals surface area contributed by atoms with Crippen molar-refractivity contribution in [3.05, 3.63) is 24.0 Å². The summed E-state index contributed by atoms with van der Waals surface area (Å²) < 4.78 is 46.6. The van der Waals surface area contributed by atoms with Crippen molar-refractivity contribution in [1.82, 2.24) is 0 Å². The molecule has 27 heavy (non-hydrogen) atoms. The minimum absolute atomic E-state index is 0.108. The Balaban J connectivity index is 1.68. The zero-order valence-corrected chi connectivity index (χ0v) is 17.6. The van der Waals surface area contributed by atoms with Gasteiger partial charge in [-0.25, -0.2) is 9.18 Å². The zero-order valence-electron chi connectivity index (χ0n) is 15.8. The average Bonchev–Trinajstić information content (AvgIpc) is 2.94. The molecule has 1 amide bonds. The van der Waals surface area contributed by atoms with Gasteiger partial charge in [0.1, 0.15) is 18.5 Å². The highest BCUT2D eigenvalue weighted by Crippen LogP contribution is 2.31. The summed E-state index contributed by atoms with van der Waals surface area (Å²) in [6.45, 7) is 6.27. The van der Waals surface area contributed by atoms with Gasteiger partial charge in [-0.15, -0.1) is 0 Å². The standard InChI is InChI=1S/C17H25FN2O5SSi/c1-26(22,23)24-12-14-11-20(17(21)25-14)13-4-5-16(15(18)10-13)19-6-8-27(2,3)9-7-19/h4-5,10,14H,6-9,11-12H2,1-3H3. The van der Waals surface area contributed by atoms with Crippen molar-refractivity contribution >= 4 is 35.7 Å². The van der Waals surface area contributed by atoms with Crippen LogP contribution in [0.4, 0.5) is 20.6 Å². The van der Waals surface area contributed by atoms with E-state index in [2.05, 4.69) is 22.2 Å². The summed E-state index contributed by atoms with van der Waals surface area (Å²) >= 11 is 0. The predicted octanol–water partition coefficient (Wildman–Crippen LogP) is 2.66. The lowest BCUT2D eigenvalue weighted by Crippen LogP contribution is -2.43. The first-order chi connectivity index (χ1) is 12.5. The molecule has 2 fully saturated rings. The van der Waals surface area contributed by atoms with Crippen molar-refractivity contribution in [2.45, 2.75) is 31.3 Å². The number of benzene rings is 1. The SMILES string of the molecule is C[Si]1(C)CCN(c2ccc(N3CC(COS(C)(=O)=O)OC3=O)cc2F)CC1. The highest BCUT2D eigenvalue weighted by molar-refractivity contribution is 7.85. The number of hydrogen-bond acceptors (Lipinski definition) is 6. The summed E-state index contributed by atoms with van der Waals surface area (Å²) in [4.78, 5) is 15.4. The van der Waals surface area contributed by atoms with Crippen LogP contribution in [-0.2, 0) is 19.0 Å². The third-order valence-electron chi connectivity index (χ3n) is 5.04. The van der Waals surface area contributed by atoms with Gasteiger partial charge in [0.25, 0.3) is 10.1 Å². The number of halogens is 1. The summed E-state index contributed by atoms with van der Waals surface area (Å²) in [5.74, 6) is -0.377. The van der Waals surface area contributed by atoms with Gasteiger partial charge in [0.05, 0.1) is 32.2 Å². The first kappa shape index (κ1) is 20.1. The Hall–Kier alpha value is -1.65. The minimum atomic E-state index is -3.62. The molecule has 0 aliphatic carbocycles. The van der Waals surface area contributed by atoms with E-state index in [1.54, 1.807) is 12.1 Å². The summed E-state index contributed by atoms with van der Waals surface area (Å²) in [5.41, 5.74) is 0.933. The molecule has 0 radical (unpaired) electrons. The molecule has 2 heterocycles. The first-order valence-electron chi connectivity index (χ1n) is 8.91. The molecule has 1 aromatic rings. The summed E-state index contributed by atoms with van der Waals surface area (Å²) in [7, 11) is -4.76. The van der Waals surface area contributed by atoms with E-state index in [1.165, 1.54) is 11.0 Å².